The van der Waals surface area contributed by atoms with Crippen molar-refractivity contribution < 1.29 is 9.18 Å². The summed E-state index contributed by atoms with van der Waals surface area (Å²) in [6.07, 6.45) is 0. The number of benzene rings is 2. The Bertz CT molecular complexity index is 614. The fourth-order valence-electron chi connectivity index (χ4n) is 1.56. The Kier molecular flexibility index (Phi) is 2.97. The van der Waals surface area contributed by atoms with Crippen molar-refractivity contribution in [3.63, 3.8) is 0 Å². The largest absolute Gasteiger partial charge is 0.289 e. The molecule has 0 bridgehead atoms. The molecule has 0 spiro atoms. The fourth-order valence-corrected chi connectivity index (χ4v) is 1.56. The molecule has 3 heteroatoms. The van der Waals surface area contributed by atoms with Gasteiger partial charge in [0.25, 0.3) is 0 Å². The van der Waals surface area contributed by atoms with Crippen LogP contribution in [-0.2, 0) is 0 Å². The lowest BCUT2D eigenvalue weighted by Crippen LogP contribution is -2.04. The van der Waals surface area contributed by atoms with E-state index in [1.165, 1.54) is 18.2 Å². The van der Waals surface area contributed by atoms with Gasteiger partial charge in [0.05, 0.1) is 11.6 Å². The highest BCUT2D eigenvalue weighted by Crippen LogP contribution is 2.14. The summed E-state index contributed by atoms with van der Waals surface area (Å²) in [4.78, 5) is 12.1. The molecule has 0 aromatic heterocycles. The minimum absolute atomic E-state index is 0.243. The van der Waals surface area contributed by atoms with Gasteiger partial charge >= 0.3 is 0 Å². The van der Waals surface area contributed by atoms with E-state index >= 15 is 0 Å². The van der Waals surface area contributed by atoms with E-state index in [4.69, 9.17) is 5.26 Å². The summed E-state index contributed by atoms with van der Waals surface area (Å²) in [6.45, 7) is 0. The first kappa shape index (κ1) is 11.0. The number of carbonyl (C=O) groups is 1. The maximum atomic E-state index is 13.0. The number of nitriles is 1. The van der Waals surface area contributed by atoms with Gasteiger partial charge in [-0.15, -0.1) is 0 Å². The highest BCUT2D eigenvalue weighted by Gasteiger charge is 2.13. The maximum absolute atomic E-state index is 13.0. The molecule has 0 unspecified atom stereocenters. The number of hydrogen-bond acceptors (Lipinski definition) is 2. The van der Waals surface area contributed by atoms with Crippen molar-refractivity contribution in [2.24, 2.45) is 0 Å². The summed E-state index contributed by atoms with van der Waals surface area (Å²) in [5, 5.41) is 8.89. The van der Waals surface area contributed by atoms with Crippen molar-refractivity contribution in [2.45, 2.75) is 0 Å². The highest BCUT2D eigenvalue weighted by atomic mass is 19.1. The van der Waals surface area contributed by atoms with E-state index < -0.39 is 5.82 Å². The van der Waals surface area contributed by atoms with Gasteiger partial charge in [-0.05, 0) is 24.3 Å². The molecule has 2 nitrogen and oxygen atoms in total. The Balaban J connectivity index is 2.48. The smallest absolute Gasteiger partial charge is 0.194 e. The molecule has 0 aliphatic heterocycles. The second kappa shape index (κ2) is 4.58. The van der Waals surface area contributed by atoms with E-state index in [1.807, 2.05) is 6.07 Å². The Morgan fingerprint density at radius 1 is 1.12 bits per heavy atom. The van der Waals surface area contributed by atoms with Gasteiger partial charge in [0.1, 0.15) is 5.82 Å². The lowest BCUT2D eigenvalue weighted by atomic mass is 9.99. The van der Waals surface area contributed by atoms with E-state index in [-0.39, 0.29) is 11.3 Å². The van der Waals surface area contributed by atoms with Gasteiger partial charge in [-0.1, -0.05) is 24.3 Å². The molecule has 0 saturated carbocycles. The van der Waals surface area contributed by atoms with Crippen molar-refractivity contribution in [1.29, 1.82) is 5.26 Å². The Morgan fingerprint density at radius 2 is 1.88 bits per heavy atom. The SMILES string of the molecule is N#Cc1ccccc1C(=O)c1cccc(F)c1. The zero-order chi connectivity index (χ0) is 12.3. The molecule has 82 valence electrons. The number of carbonyl (C=O) groups excluding carboxylic acids is 1. The van der Waals surface area contributed by atoms with Crippen LogP contribution in [0.25, 0.3) is 0 Å². The van der Waals surface area contributed by atoms with Gasteiger partial charge in [-0.25, -0.2) is 4.39 Å². The van der Waals surface area contributed by atoms with E-state index in [9.17, 15) is 9.18 Å². The van der Waals surface area contributed by atoms with Crippen LogP contribution in [0.5, 0.6) is 0 Å². The molecule has 0 aliphatic carbocycles. The third-order valence-corrected chi connectivity index (χ3v) is 2.38. The zero-order valence-corrected chi connectivity index (χ0v) is 8.85. The highest BCUT2D eigenvalue weighted by molar-refractivity contribution is 6.10. The molecule has 0 aliphatic rings. The molecule has 2 rings (SSSR count). The van der Waals surface area contributed by atoms with Crippen LogP contribution in [0.4, 0.5) is 4.39 Å². The van der Waals surface area contributed by atoms with Crippen LogP contribution in [-0.4, -0.2) is 5.78 Å². The molecule has 0 N–H and O–H groups in total. The van der Waals surface area contributed by atoms with Crippen LogP contribution in [0.2, 0.25) is 0 Å². The summed E-state index contributed by atoms with van der Waals surface area (Å²) in [5.74, 6) is -0.813. The number of ketones is 1. The van der Waals surface area contributed by atoms with Gasteiger partial charge < -0.3 is 0 Å². The standard InChI is InChI=1S/C14H8FNO/c15-12-6-3-5-10(8-12)14(17)13-7-2-1-4-11(13)9-16/h1-8H. The number of hydrogen-bond donors (Lipinski definition) is 0. The van der Waals surface area contributed by atoms with E-state index in [0.717, 1.165) is 6.07 Å². The monoisotopic (exact) mass is 225 g/mol. The fraction of sp³-hybridized carbons (Fsp3) is 0. The van der Waals surface area contributed by atoms with E-state index in [1.54, 1.807) is 24.3 Å². The molecule has 2 aromatic rings. The van der Waals surface area contributed by atoms with Crippen molar-refractivity contribution in [1.82, 2.24) is 0 Å². The summed E-state index contributed by atoms with van der Waals surface area (Å²) >= 11 is 0. The topological polar surface area (TPSA) is 40.9 Å². The van der Waals surface area contributed by atoms with Crippen LogP contribution in [0.3, 0.4) is 0 Å². The first-order chi connectivity index (χ1) is 8.22. The maximum Gasteiger partial charge on any atom is 0.194 e. The average molecular weight is 225 g/mol. The zero-order valence-electron chi connectivity index (χ0n) is 8.85. The molecular formula is C14H8FNO. The Hall–Kier alpha value is -2.47. The van der Waals surface area contributed by atoms with Gasteiger partial charge in [0.15, 0.2) is 5.78 Å². The van der Waals surface area contributed by atoms with Crippen molar-refractivity contribution in [3.05, 3.63) is 71.0 Å². The normalized spacial score (nSPS) is 9.65. The minimum atomic E-state index is -0.467. The van der Waals surface area contributed by atoms with Crippen LogP contribution in [0.15, 0.2) is 48.5 Å². The molecule has 17 heavy (non-hydrogen) atoms. The Morgan fingerprint density at radius 3 is 2.59 bits per heavy atom. The van der Waals surface area contributed by atoms with Crippen LogP contribution >= 0.6 is 0 Å². The molecule has 0 radical (unpaired) electrons. The Labute approximate surface area is 97.9 Å². The molecule has 2 aromatic carbocycles. The first-order valence-electron chi connectivity index (χ1n) is 5.02. The molecule has 0 heterocycles. The van der Waals surface area contributed by atoms with Crippen molar-refractivity contribution in [3.8, 4) is 6.07 Å². The van der Waals surface area contributed by atoms with Gasteiger partial charge in [-0.2, -0.15) is 5.26 Å². The second-order valence-electron chi connectivity index (χ2n) is 3.50. The molecule has 0 amide bonds. The molecule has 0 fully saturated rings. The van der Waals surface area contributed by atoms with E-state index in [2.05, 4.69) is 0 Å². The summed E-state index contributed by atoms with van der Waals surface area (Å²) in [5.41, 5.74) is 0.829. The minimum Gasteiger partial charge on any atom is -0.289 e. The predicted octanol–water partition coefficient (Wildman–Crippen LogP) is 2.93. The molecule has 0 atom stereocenters. The second-order valence-corrected chi connectivity index (χ2v) is 3.50. The van der Waals surface area contributed by atoms with Gasteiger partial charge in [0.2, 0.25) is 0 Å². The third kappa shape index (κ3) is 2.21. The lowest BCUT2D eigenvalue weighted by molar-refractivity contribution is 0.103. The quantitative estimate of drug-likeness (QED) is 0.737. The summed E-state index contributed by atoms with van der Waals surface area (Å²) < 4.78 is 13.0. The lowest BCUT2D eigenvalue weighted by Gasteiger charge is -2.02. The number of nitrogens with zero attached hydrogens (tertiary/aromatic N) is 1. The summed E-state index contributed by atoms with van der Waals surface area (Å²) in [6, 6.07) is 13.9. The number of rotatable bonds is 2. The van der Waals surface area contributed by atoms with Crippen LogP contribution in [0, 0.1) is 17.1 Å². The third-order valence-electron chi connectivity index (χ3n) is 2.38. The molecule has 0 saturated heterocycles. The predicted molar refractivity (Wildman–Crippen MR) is 61.0 cm³/mol. The van der Waals surface area contributed by atoms with Crippen LogP contribution < -0.4 is 0 Å². The van der Waals surface area contributed by atoms with Crippen LogP contribution in [0.1, 0.15) is 21.5 Å². The molecular weight excluding hydrogens is 217 g/mol. The van der Waals surface area contributed by atoms with E-state index in [0.29, 0.717) is 11.1 Å². The summed E-state index contributed by atoms with van der Waals surface area (Å²) in [7, 11) is 0. The average Bonchev–Trinajstić information content (AvgIpc) is 2.38. The number of halogens is 1. The van der Waals surface area contributed by atoms with Crippen molar-refractivity contribution in [2.75, 3.05) is 0 Å². The van der Waals surface area contributed by atoms with Gasteiger partial charge in [0, 0.05) is 11.1 Å². The van der Waals surface area contributed by atoms with Gasteiger partial charge in [-0.3, -0.25) is 4.79 Å². The van der Waals surface area contributed by atoms with Crippen molar-refractivity contribution >= 4 is 5.78 Å². The first-order valence-corrected chi connectivity index (χ1v) is 5.02.